The van der Waals surface area contributed by atoms with Gasteiger partial charge in [0.1, 0.15) is 5.56 Å². The number of hydrogen-bond donors (Lipinski definition) is 1. The lowest BCUT2D eigenvalue weighted by Crippen LogP contribution is -2.39. The number of hydrogen-bond acceptors (Lipinski definition) is 5. The molecule has 1 N–H and O–H groups in total. The van der Waals surface area contributed by atoms with Gasteiger partial charge in [0.05, 0.1) is 18.5 Å². The molecule has 1 aromatic heterocycles. The van der Waals surface area contributed by atoms with Crippen molar-refractivity contribution in [3.63, 3.8) is 0 Å². The van der Waals surface area contributed by atoms with Crippen LogP contribution in [0.1, 0.15) is 42.7 Å². The number of carbonyl (C=O) groups excluding carboxylic acids is 1. The molecule has 1 aliphatic rings. The zero-order valence-electron chi connectivity index (χ0n) is 13.4. The van der Waals surface area contributed by atoms with Crippen LogP contribution < -0.4 is 5.32 Å². The van der Waals surface area contributed by atoms with Gasteiger partial charge in [0.25, 0.3) is 0 Å². The predicted octanol–water partition coefficient (Wildman–Crippen LogP) is 1.17. The summed E-state index contributed by atoms with van der Waals surface area (Å²) < 4.78 is 6.79. The summed E-state index contributed by atoms with van der Waals surface area (Å²) in [5.74, 6) is -0.300. The first kappa shape index (κ1) is 16.0. The van der Waals surface area contributed by atoms with Crippen LogP contribution in [0.4, 0.5) is 0 Å². The SMILES string of the molecule is CCOC(=O)c1cnn(C)c1CNCC(C)N(C)C1CC1. The second-order valence-electron chi connectivity index (χ2n) is 5.73. The molecule has 1 saturated carbocycles. The standard InChI is InChI=1S/C15H26N4O2/c1-5-21-15(20)13-9-17-19(4)14(13)10-16-8-11(2)18(3)12-6-7-12/h9,11-12,16H,5-8,10H2,1-4H3. The monoisotopic (exact) mass is 294 g/mol. The fourth-order valence-corrected chi connectivity index (χ4v) is 2.44. The third kappa shape index (κ3) is 4.04. The minimum absolute atomic E-state index is 0.300. The third-order valence-corrected chi connectivity index (χ3v) is 4.11. The maximum atomic E-state index is 11.9. The van der Waals surface area contributed by atoms with E-state index in [1.807, 2.05) is 14.0 Å². The quantitative estimate of drug-likeness (QED) is 0.729. The van der Waals surface area contributed by atoms with E-state index in [1.54, 1.807) is 10.9 Å². The van der Waals surface area contributed by atoms with Crippen molar-refractivity contribution in [3.05, 3.63) is 17.5 Å². The van der Waals surface area contributed by atoms with Gasteiger partial charge in [-0.25, -0.2) is 4.79 Å². The predicted molar refractivity (Wildman–Crippen MR) is 81.1 cm³/mol. The van der Waals surface area contributed by atoms with Gasteiger partial charge in [0, 0.05) is 32.2 Å². The molecular weight excluding hydrogens is 268 g/mol. The number of ether oxygens (including phenoxy) is 1. The van der Waals surface area contributed by atoms with Gasteiger partial charge in [0.2, 0.25) is 0 Å². The Bertz CT molecular complexity index is 482. The van der Waals surface area contributed by atoms with E-state index >= 15 is 0 Å². The lowest BCUT2D eigenvalue weighted by molar-refractivity contribution is 0.0524. The number of nitrogens with one attached hydrogen (secondary N) is 1. The van der Waals surface area contributed by atoms with E-state index in [0.717, 1.165) is 18.3 Å². The number of aryl methyl sites for hydroxylation is 1. The molecule has 0 saturated heterocycles. The molecule has 0 aliphatic heterocycles. The number of esters is 1. The minimum atomic E-state index is -0.300. The van der Waals surface area contributed by atoms with Gasteiger partial charge in [-0.15, -0.1) is 0 Å². The van der Waals surface area contributed by atoms with Gasteiger partial charge in [-0.3, -0.25) is 9.58 Å². The van der Waals surface area contributed by atoms with Crippen molar-refractivity contribution in [2.24, 2.45) is 7.05 Å². The Morgan fingerprint density at radius 2 is 2.33 bits per heavy atom. The van der Waals surface area contributed by atoms with E-state index in [-0.39, 0.29) is 5.97 Å². The fraction of sp³-hybridized carbons (Fsp3) is 0.733. The van der Waals surface area contributed by atoms with Crippen molar-refractivity contribution in [3.8, 4) is 0 Å². The highest BCUT2D eigenvalue weighted by atomic mass is 16.5. The summed E-state index contributed by atoms with van der Waals surface area (Å²) in [4.78, 5) is 14.3. The van der Waals surface area contributed by atoms with Crippen molar-refractivity contribution in [2.45, 2.75) is 45.3 Å². The minimum Gasteiger partial charge on any atom is -0.462 e. The largest absolute Gasteiger partial charge is 0.462 e. The van der Waals surface area contributed by atoms with Gasteiger partial charge < -0.3 is 10.1 Å². The molecule has 6 heteroatoms. The van der Waals surface area contributed by atoms with Crippen LogP contribution >= 0.6 is 0 Å². The molecule has 0 spiro atoms. The highest BCUT2D eigenvalue weighted by Crippen LogP contribution is 2.26. The van der Waals surface area contributed by atoms with E-state index in [9.17, 15) is 4.79 Å². The van der Waals surface area contributed by atoms with E-state index in [1.165, 1.54) is 12.8 Å². The van der Waals surface area contributed by atoms with E-state index in [4.69, 9.17) is 4.74 Å². The molecule has 1 aromatic rings. The second-order valence-corrected chi connectivity index (χ2v) is 5.73. The molecule has 1 unspecified atom stereocenters. The summed E-state index contributed by atoms with van der Waals surface area (Å²) in [6.45, 7) is 5.92. The van der Waals surface area contributed by atoms with Crippen LogP contribution in [-0.2, 0) is 18.3 Å². The van der Waals surface area contributed by atoms with Crippen molar-refractivity contribution in [2.75, 3.05) is 20.2 Å². The molecule has 1 heterocycles. The Kier molecular flexibility index (Phi) is 5.36. The smallest absolute Gasteiger partial charge is 0.341 e. The lowest BCUT2D eigenvalue weighted by atomic mass is 10.2. The highest BCUT2D eigenvalue weighted by molar-refractivity contribution is 5.90. The second kappa shape index (κ2) is 7.04. The molecule has 1 fully saturated rings. The molecule has 6 nitrogen and oxygen atoms in total. The molecule has 118 valence electrons. The Labute approximate surface area is 126 Å². The van der Waals surface area contributed by atoms with Gasteiger partial charge in [0.15, 0.2) is 0 Å². The maximum Gasteiger partial charge on any atom is 0.341 e. The van der Waals surface area contributed by atoms with Gasteiger partial charge in [-0.2, -0.15) is 5.10 Å². The summed E-state index contributed by atoms with van der Waals surface area (Å²) in [7, 11) is 4.03. The van der Waals surface area contributed by atoms with E-state index < -0.39 is 0 Å². The highest BCUT2D eigenvalue weighted by Gasteiger charge is 2.28. The average Bonchev–Trinajstić information content (AvgIpc) is 3.23. The first-order chi connectivity index (χ1) is 10.0. The van der Waals surface area contributed by atoms with Crippen molar-refractivity contribution < 1.29 is 9.53 Å². The fourth-order valence-electron chi connectivity index (χ4n) is 2.44. The van der Waals surface area contributed by atoms with Crippen LogP contribution in [0.3, 0.4) is 0 Å². The number of carbonyl (C=O) groups is 1. The molecule has 21 heavy (non-hydrogen) atoms. The summed E-state index contributed by atoms with van der Waals surface area (Å²) in [5, 5.41) is 7.58. The first-order valence-electron chi connectivity index (χ1n) is 7.65. The van der Waals surface area contributed by atoms with E-state index in [2.05, 4.69) is 29.3 Å². The lowest BCUT2D eigenvalue weighted by Gasteiger charge is -2.24. The number of rotatable bonds is 8. The molecule has 2 rings (SSSR count). The van der Waals surface area contributed by atoms with Crippen LogP contribution in [0.15, 0.2) is 6.20 Å². The zero-order valence-corrected chi connectivity index (χ0v) is 13.4. The molecule has 1 aliphatic carbocycles. The number of aromatic nitrogens is 2. The summed E-state index contributed by atoms with van der Waals surface area (Å²) in [6.07, 6.45) is 4.21. The number of likely N-dealkylation sites (N-methyl/N-ethyl adjacent to an activating group) is 1. The van der Waals surface area contributed by atoms with Crippen molar-refractivity contribution >= 4 is 5.97 Å². The summed E-state index contributed by atoms with van der Waals surface area (Å²) in [6, 6.07) is 1.24. The Balaban J connectivity index is 1.87. The Morgan fingerprint density at radius 3 is 2.95 bits per heavy atom. The van der Waals surface area contributed by atoms with Crippen LogP contribution in [0.2, 0.25) is 0 Å². The molecule has 0 radical (unpaired) electrons. The molecule has 0 aromatic carbocycles. The van der Waals surface area contributed by atoms with Crippen molar-refractivity contribution in [1.29, 1.82) is 0 Å². The Hall–Kier alpha value is -1.40. The van der Waals surface area contributed by atoms with Crippen molar-refractivity contribution in [1.82, 2.24) is 20.0 Å². The third-order valence-electron chi connectivity index (χ3n) is 4.11. The maximum absolute atomic E-state index is 11.9. The van der Waals surface area contributed by atoms with Crippen LogP contribution in [0, 0.1) is 0 Å². The van der Waals surface area contributed by atoms with Crippen LogP contribution in [0.25, 0.3) is 0 Å². The molecular formula is C15H26N4O2. The number of nitrogens with zero attached hydrogens (tertiary/aromatic N) is 3. The average molecular weight is 294 g/mol. The molecule has 0 bridgehead atoms. The molecule has 0 amide bonds. The first-order valence-corrected chi connectivity index (χ1v) is 7.65. The summed E-state index contributed by atoms with van der Waals surface area (Å²) >= 11 is 0. The summed E-state index contributed by atoms with van der Waals surface area (Å²) in [5.41, 5.74) is 1.42. The van der Waals surface area contributed by atoms with Gasteiger partial charge in [-0.1, -0.05) is 0 Å². The molecule has 1 atom stereocenters. The van der Waals surface area contributed by atoms with Gasteiger partial charge in [-0.05, 0) is 33.7 Å². The van der Waals surface area contributed by atoms with Crippen LogP contribution in [-0.4, -0.2) is 52.9 Å². The normalized spacial score (nSPS) is 16.2. The van der Waals surface area contributed by atoms with Gasteiger partial charge >= 0.3 is 5.97 Å². The van der Waals surface area contributed by atoms with E-state index in [0.29, 0.717) is 24.8 Å². The topological polar surface area (TPSA) is 59.4 Å². The Morgan fingerprint density at radius 1 is 1.62 bits per heavy atom. The van der Waals surface area contributed by atoms with Crippen LogP contribution in [0.5, 0.6) is 0 Å². The zero-order chi connectivity index (χ0) is 15.4.